The van der Waals surface area contributed by atoms with Crippen LogP contribution in [-0.4, -0.2) is 37.0 Å². The van der Waals surface area contributed by atoms with Crippen LogP contribution >= 0.6 is 0 Å². The van der Waals surface area contributed by atoms with Crippen LogP contribution in [0.15, 0.2) is 121 Å². The number of aromatic hydroxyl groups is 1. The van der Waals surface area contributed by atoms with Crippen LogP contribution in [0, 0.1) is 6.92 Å². The van der Waals surface area contributed by atoms with E-state index in [-0.39, 0.29) is 51.9 Å². The molecule has 0 aliphatic rings. The SMILES string of the molecule is Cc1cc(NC(=O)c2ccc(N)cc2)ccc1N=Nc1ccc2c(O)c(N=Nc3ccc(S(=O)(=O)O)cc3)c(S(=O)(=O)O)cc2c1.[Na+]. The fraction of sp³-hybridized carbons (Fsp3) is 0.0333. The number of benzene rings is 5. The Morgan fingerprint density at radius 1 is 0.745 bits per heavy atom. The quantitative estimate of drug-likeness (QED) is 0.0687. The number of carbonyl (C=O) groups is 1. The number of phenolic OH excluding ortho intramolecular Hbond substituents is 1. The molecule has 0 atom stereocenters. The number of aryl methyl sites for hydroxylation is 1. The summed E-state index contributed by atoms with van der Waals surface area (Å²) in [6.07, 6.45) is 0. The van der Waals surface area contributed by atoms with E-state index in [9.17, 15) is 31.3 Å². The van der Waals surface area contributed by atoms with Gasteiger partial charge >= 0.3 is 29.6 Å². The van der Waals surface area contributed by atoms with Gasteiger partial charge < -0.3 is 16.2 Å². The van der Waals surface area contributed by atoms with E-state index in [1.54, 1.807) is 49.4 Å². The molecule has 234 valence electrons. The summed E-state index contributed by atoms with van der Waals surface area (Å²) in [6.45, 7) is 1.78. The number of anilines is 2. The van der Waals surface area contributed by atoms with E-state index in [4.69, 9.17) is 10.3 Å². The monoisotopic (exact) mass is 683 g/mol. The molecule has 6 N–H and O–H groups in total. The number of nitrogens with zero attached hydrogens (tertiary/aromatic N) is 4. The molecule has 0 heterocycles. The van der Waals surface area contributed by atoms with Crippen LogP contribution in [0.5, 0.6) is 5.75 Å². The number of azo groups is 2. The van der Waals surface area contributed by atoms with Crippen LogP contribution in [0.4, 0.5) is 34.1 Å². The second kappa shape index (κ2) is 14.1. The summed E-state index contributed by atoms with van der Waals surface area (Å²) < 4.78 is 65.9. The van der Waals surface area contributed by atoms with Crippen LogP contribution in [0.1, 0.15) is 15.9 Å². The second-order valence-electron chi connectivity index (χ2n) is 9.90. The molecule has 14 nitrogen and oxygen atoms in total. The Kier molecular flexibility index (Phi) is 10.6. The van der Waals surface area contributed by atoms with Crippen molar-refractivity contribution in [3.05, 3.63) is 102 Å². The zero-order valence-corrected chi connectivity index (χ0v) is 28.4. The standard InChI is InChI=1S/C30H24N6O8S2.Na/c1-17-14-22(32-30(38)18-2-4-20(31)5-3-18)9-13-26(17)35-34-23-8-12-25-19(15-23)16-27(46(42,43)44)28(29(25)37)36-33-21-6-10-24(11-7-21)45(39,40)41;/h2-16,37H,31H2,1H3,(H,32,38)(H,39,40,41)(H,42,43,44);/q;+1. The molecule has 0 aliphatic heterocycles. The smallest absolute Gasteiger partial charge is 0.505 e. The predicted molar refractivity (Wildman–Crippen MR) is 170 cm³/mol. The summed E-state index contributed by atoms with van der Waals surface area (Å²) in [4.78, 5) is 11.4. The first-order chi connectivity index (χ1) is 21.7. The third kappa shape index (κ3) is 8.44. The molecule has 0 aromatic heterocycles. The van der Waals surface area contributed by atoms with Crippen molar-refractivity contribution in [2.24, 2.45) is 20.5 Å². The van der Waals surface area contributed by atoms with Gasteiger partial charge in [0.15, 0.2) is 5.75 Å². The van der Waals surface area contributed by atoms with E-state index in [0.717, 1.165) is 18.2 Å². The maximum atomic E-state index is 12.5. The zero-order chi connectivity index (χ0) is 33.2. The number of nitrogen functional groups attached to an aromatic ring is 1. The molecule has 5 aromatic rings. The van der Waals surface area contributed by atoms with Gasteiger partial charge in [-0.25, -0.2) is 0 Å². The summed E-state index contributed by atoms with van der Waals surface area (Å²) >= 11 is 0. The van der Waals surface area contributed by atoms with Gasteiger partial charge in [0.1, 0.15) is 10.6 Å². The van der Waals surface area contributed by atoms with Gasteiger partial charge in [-0.1, -0.05) is 0 Å². The Bertz CT molecular complexity index is 2280. The largest absolute Gasteiger partial charge is 1.00 e. The third-order valence-corrected chi connectivity index (χ3v) is 8.35. The third-order valence-electron chi connectivity index (χ3n) is 6.61. The number of hydrogen-bond donors (Lipinski definition) is 5. The van der Waals surface area contributed by atoms with E-state index in [1.165, 1.54) is 30.3 Å². The molecule has 17 heteroatoms. The van der Waals surface area contributed by atoms with Gasteiger partial charge in [-0.3, -0.25) is 13.9 Å². The average molecular weight is 684 g/mol. The van der Waals surface area contributed by atoms with Crippen LogP contribution in [0.25, 0.3) is 10.8 Å². The number of fused-ring (bicyclic) bond motifs is 1. The van der Waals surface area contributed by atoms with Crippen molar-refractivity contribution in [2.75, 3.05) is 11.1 Å². The minimum absolute atomic E-state index is 0. The van der Waals surface area contributed by atoms with E-state index in [0.29, 0.717) is 33.9 Å². The van der Waals surface area contributed by atoms with Gasteiger partial charge in [-0.05, 0) is 109 Å². The Morgan fingerprint density at radius 2 is 1.38 bits per heavy atom. The van der Waals surface area contributed by atoms with Crippen molar-refractivity contribution < 1.29 is 65.4 Å². The predicted octanol–water partition coefficient (Wildman–Crippen LogP) is 4.02. The van der Waals surface area contributed by atoms with Crippen molar-refractivity contribution in [2.45, 2.75) is 16.7 Å². The summed E-state index contributed by atoms with van der Waals surface area (Å²) in [5.41, 5.74) is 8.20. The van der Waals surface area contributed by atoms with Gasteiger partial charge in [-0.2, -0.15) is 32.2 Å². The normalized spacial score (nSPS) is 12.0. The van der Waals surface area contributed by atoms with Crippen molar-refractivity contribution in [1.82, 2.24) is 0 Å². The van der Waals surface area contributed by atoms with E-state index >= 15 is 0 Å². The van der Waals surface area contributed by atoms with Crippen LogP contribution in [0.2, 0.25) is 0 Å². The molecule has 1 amide bonds. The minimum atomic E-state index is -4.90. The summed E-state index contributed by atoms with van der Waals surface area (Å²) in [6, 6.07) is 21.5. The second-order valence-corrected chi connectivity index (χ2v) is 12.7. The maximum absolute atomic E-state index is 12.5. The molecule has 0 fully saturated rings. The number of nitrogens with one attached hydrogen (secondary N) is 1. The van der Waals surface area contributed by atoms with Gasteiger partial charge in [0.2, 0.25) is 0 Å². The number of rotatable bonds is 8. The molecule has 0 radical (unpaired) electrons. The number of carbonyl (C=O) groups excluding carboxylic acids is 1. The first-order valence-electron chi connectivity index (χ1n) is 13.1. The summed E-state index contributed by atoms with van der Waals surface area (Å²) in [5, 5.41) is 30.1. The molecule has 47 heavy (non-hydrogen) atoms. The van der Waals surface area contributed by atoms with Gasteiger partial charge in [-0.15, -0.1) is 5.11 Å². The fourth-order valence-electron chi connectivity index (χ4n) is 4.28. The van der Waals surface area contributed by atoms with Crippen molar-refractivity contribution in [1.29, 1.82) is 0 Å². The zero-order valence-electron chi connectivity index (χ0n) is 24.7. The Hall–Kier alpha value is -4.55. The first-order valence-corrected chi connectivity index (χ1v) is 16.0. The van der Waals surface area contributed by atoms with Gasteiger partial charge in [0.05, 0.1) is 22.0 Å². The Morgan fingerprint density at radius 3 is 2.00 bits per heavy atom. The molecule has 0 unspecified atom stereocenters. The van der Waals surface area contributed by atoms with Crippen LogP contribution < -0.4 is 40.6 Å². The van der Waals surface area contributed by atoms with E-state index < -0.39 is 41.5 Å². The van der Waals surface area contributed by atoms with E-state index in [1.807, 2.05) is 0 Å². The van der Waals surface area contributed by atoms with Gasteiger partial charge in [0.25, 0.3) is 26.1 Å². The van der Waals surface area contributed by atoms with E-state index in [2.05, 4.69) is 25.8 Å². The molecule has 0 aliphatic carbocycles. The number of amides is 1. The molecule has 0 spiro atoms. The molecule has 0 bridgehead atoms. The molecular formula is C30H24N6NaO8S2+. The van der Waals surface area contributed by atoms with Crippen molar-refractivity contribution in [3.8, 4) is 5.75 Å². The molecule has 0 saturated heterocycles. The molecule has 0 saturated carbocycles. The maximum Gasteiger partial charge on any atom is 1.00 e. The summed E-state index contributed by atoms with van der Waals surface area (Å²) in [5.74, 6) is -0.907. The summed E-state index contributed by atoms with van der Waals surface area (Å²) in [7, 11) is -9.34. The van der Waals surface area contributed by atoms with Crippen LogP contribution in [-0.2, 0) is 20.2 Å². The number of nitrogens with two attached hydrogens (primary N) is 1. The Labute approximate surface area is 290 Å². The van der Waals surface area contributed by atoms with Gasteiger partial charge in [0, 0.05) is 22.3 Å². The molecule has 5 aromatic carbocycles. The topological polar surface area (TPSA) is 234 Å². The van der Waals surface area contributed by atoms with Crippen LogP contribution in [0.3, 0.4) is 0 Å². The number of hydrogen-bond acceptors (Lipinski definition) is 11. The Balaban J connectivity index is 0.00000500. The number of phenols is 1. The minimum Gasteiger partial charge on any atom is -0.505 e. The molecular weight excluding hydrogens is 659 g/mol. The van der Waals surface area contributed by atoms with Crippen molar-refractivity contribution in [3.63, 3.8) is 0 Å². The molecule has 5 rings (SSSR count). The first kappa shape index (κ1) is 35.3. The van der Waals surface area contributed by atoms with Crippen molar-refractivity contribution >= 4 is 71.0 Å². The fourth-order valence-corrected chi connectivity index (χ4v) is 5.42. The average Bonchev–Trinajstić information content (AvgIpc) is 2.99.